The van der Waals surface area contributed by atoms with E-state index in [1.54, 1.807) is 24.5 Å². The Morgan fingerprint density at radius 3 is 2.72 bits per heavy atom. The quantitative estimate of drug-likeness (QED) is 0.675. The number of fused-ring (bicyclic) bond motifs is 1. The lowest BCUT2D eigenvalue weighted by Crippen LogP contribution is -2.33. The highest BCUT2D eigenvalue weighted by molar-refractivity contribution is 5.91. The average Bonchev–Trinajstić information content (AvgIpc) is 2.64. The molecule has 0 radical (unpaired) electrons. The molecule has 0 unspecified atom stereocenters. The molecular weight excluding hydrogens is 322 g/mol. The maximum Gasteiger partial charge on any atom is 0.319 e. The Bertz CT molecular complexity index is 955. The van der Waals surface area contributed by atoms with Crippen molar-refractivity contribution >= 4 is 22.8 Å². The van der Waals surface area contributed by atoms with Gasteiger partial charge in [-0.05, 0) is 30.7 Å². The lowest BCUT2D eigenvalue weighted by molar-refractivity contribution is 0.249. The van der Waals surface area contributed by atoms with E-state index in [-0.39, 0.29) is 22.7 Å². The summed E-state index contributed by atoms with van der Waals surface area (Å²) in [5.41, 5.74) is 1.37. The third kappa shape index (κ3) is 3.57. The second-order valence-electron chi connectivity index (χ2n) is 5.38. The molecule has 2 amide bonds. The summed E-state index contributed by atoms with van der Waals surface area (Å²) in [5.74, 6) is 0.325. The number of carbonyl (C=O) groups excluding carboxylic acids is 1. The molecule has 0 saturated heterocycles. The van der Waals surface area contributed by atoms with Crippen LogP contribution in [0.1, 0.15) is 18.5 Å². The number of nitrogens with one attached hydrogen (secondary N) is 3. The molecule has 0 aliphatic carbocycles. The fraction of sp³-hybridized carbons (Fsp3) is 0.176. The van der Waals surface area contributed by atoms with E-state index in [0.717, 1.165) is 5.56 Å². The van der Waals surface area contributed by atoms with Crippen LogP contribution in [0.3, 0.4) is 0 Å². The normalized spacial score (nSPS) is 11.8. The molecule has 0 fully saturated rings. The van der Waals surface area contributed by atoms with E-state index in [1.807, 2.05) is 19.1 Å². The average molecular weight is 339 g/mol. The van der Waals surface area contributed by atoms with Gasteiger partial charge < -0.3 is 20.4 Å². The van der Waals surface area contributed by atoms with Gasteiger partial charge in [-0.25, -0.2) is 9.78 Å². The molecule has 128 valence electrons. The monoisotopic (exact) mass is 339 g/mol. The number of aromatic amines is 1. The van der Waals surface area contributed by atoms with Gasteiger partial charge in [0.25, 0.3) is 0 Å². The topological polar surface area (TPSA) is 109 Å². The summed E-state index contributed by atoms with van der Waals surface area (Å²) in [6, 6.07) is 6.23. The van der Waals surface area contributed by atoms with E-state index in [1.165, 1.54) is 13.3 Å². The number of H-pyrrole nitrogens is 1. The van der Waals surface area contributed by atoms with Crippen LogP contribution in [0.15, 0.2) is 47.7 Å². The molecule has 0 aromatic carbocycles. The van der Waals surface area contributed by atoms with Crippen molar-refractivity contribution in [2.75, 3.05) is 12.4 Å². The van der Waals surface area contributed by atoms with Gasteiger partial charge in [-0.1, -0.05) is 0 Å². The number of pyridine rings is 3. The molecule has 3 aromatic heterocycles. The van der Waals surface area contributed by atoms with Crippen LogP contribution in [0.5, 0.6) is 5.88 Å². The van der Waals surface area contributed by atoms with Crippen LogP contribution in [-0.2, 0) is 0 Å². The number of aromatic nitrogens is 3. The number of anilines is 1. The van der Waals surface area contributed by atoms with E-state index >= 15 is 0 Å². The first kappa shape index (κ1) is 16.4. The number of urea groups is 1. The Labute approximate surface area is 143 Å². The fourth-order valence-electron chi connectivity index (χ4n) is 2.37. The highest BCUT2D eigenvalue weighted by Gasteiger charge is 2.13. The van der Waals surface area contributed by atoms with Crippen LogP contribution in [0, 0.1) is 0 Å². The summed E-state index contributed by atoms with van der Waals surface area (Å²) in [7, 11) is 1.47. The van der Waals surface area contributed by atoms with Crippen molar-refractivity contribution in [3.63, 3.8) is 0 Å². The number of hydrogen-bond acceptors (Lipinski definition) is 5. The fourth-order valence-corrected chi connectivity index (χ4v) is 2.37. The molecule has 3 aromatic rings. The first-order chi connectivity index (χ1) is 12.1. The largest absolute Gasteiger partial charge is 0.481 e. The molecule has 8 nitrogen and oxygen atoms in total. The first-order valence-corrected chi connectivity index (χ1v) is 7.62. The number of carbonyl (C=O) groups is 1. The Morgan fingerprint density at radius 2 is 2.00 bits per heavy atom. The van der Waals surface area contributed by atoms with Crippen molar-refractivity contribution < 1.29 is 9.53 Å². The van der Waals surface area contributed by atoms with Crippen molar-refractivity contribution in [3.05, 3.63) is 58.6 Å². The zero-order chi connectivity index (χ0) is 17.8. The zero-order valence-corrected chi connectivity index (χ0v) is 13.7. The molecule has 0 aliphatic rings. The molecular formula is C17H17N5O3. The predicted octanol–water partition coefficient (Wildman–Crippen LogP) is 2.21. The number of methoxy groups -OCH3 is 1. The van der Waals surface area contributed by atoms with Crippen LogP contribution in [0.2, 0.25) is 0 Å². The van der Waals surface area contributed by atoms with Gasteiger partial charge in [0, 0.05) is 24.7 Å². The summed E-state index contributed by atoms with van der Waals surface area (Å²) in [6.07, 6.45) is 4.74. The van der Waals surface area contributed by atoms with Crippen LogP contribution >= 0.6 is 0 Å². The Hall–Kier alpha value is -3.42. The maximum atomic E-state index is 12.5. The summed E-state index contributed by atoms with van der Waals surface area (Å²) in [4.78, 5) is 35.7. The molecule has 0 saturated carbocycles. The predicted molar refractivity (Wildman–Crippen MR) is 93.7 cm³/mol. The van der Waals surface area contributed by atoms with Crippen molar-refractivity contribution in [3.8, 4) is 5.88 Å². The Morgan fingerprint density at radius 1 is 1.24 bits per heavy atom. The van der Waals surface area contributed by atoms with Crippen molar-refractivity contribution in [1.82, 2.24) is 20.3 Å². The minimum Gasteiger partial charge on any atom is -0.481 e. The number of nitrogens with zero attached hydrogens (tertiary/aromatic N) is 2. The van der Waals surface area contributed by atoms with Gasteiger partial charge in [-0.15, -0.1) is 0 Å². The van der Waals surface area contributed by atoms with E-state index in [9.17, 15) is 9.59 Å². The van der Waals surface area contributed by atoms with Crippen LogP contribution in [0.4, 0.5) is 10.5 Å². The van der Waals surface area contributed by atoms with E-state index in [2.05, 4.69) is 25.6 Å². The molecule has 8 heteroatoms. The minimum atomic E-state index is -0.489. The zero-order valence-electron chi connectivity index (χ0n) is 13.7. The van der Waals surface area contributed by atoms with Crippen molar-refractivity contribution in [2.45, 2.75) is 13.0 Å². The van der Waals surface area contributed by atoms with Gasteiger partial charge in [0.2, 0.25) is 11.3 Å². The van der Waals surface area contributed by atoms with Crippen LogP contribution < -0.4 is 20.8 Å². The molecule has 0 aliphatic heterocycles. The highest BCUT2D eigenvalue weighted by atomic mass is 16.5. The van der Waals surface area contributed by atoms with Crippen molar-refractivity contribution in [1.29, 1.82) is 0 Å². The summed E-state index contributed by atoms with van der Waals surface area (Å²) >= 11 is 0. The number of rotatable bonds is 4. The number of ether oxygens (including phenoxy) is 1. The summed E-state index contributed by atoms with van der Waals surface area (Å²) in [6.45, 7) is 1.84. The second kappa shape index (κ2) is 7.00. The summed E-state index contributed by atoms with van der Waals surface area (Å²) in [5, 5.41) is 5.32. The highest BCUT2D eigenvalue weighted by Crippen LogP contribution is 2.14. The minimum absolute atomic E-state index is 0.104. The third-order valence-corrected chi connectivity index (χ3v) is 3.71. The smallest absolute Gasteiger partial charge is 0.319 e. The Kier molecular flexibility index (Phi) is 4.60. The SMILES string of the molecule is COc1ccc2[nH]cc(NC(=O)N[C@@H](C)c3ccncc3)c(=O)c2n1. The maximum absolute atomic E-state index is 12.5. The Balaban J connectivity index is 1.79. The number of hydrogen-bond donors (Lipinski definition) is 3. The van der Waals surface area contributed by atoms with Gasteiger partial charge in [0.05, 0.1) is 18.7 Å². The van der Waals surface area contributed by atoms with Gasteiger partial charge >= 0.3 is 6.03 Å². The lowest BCUT2D eigenvalue weighted by Gasteiger charge is -2.14. The molecule has 0 bridgehead atoms. The molecule has 0 spiro atoms. The van der Waals surface area contributed by atoms with E-state index in [4.69, 9.17) is 4.74 Å². The first-order valence-electron chi connectivity index (χ1n) is 7.62. The molecule has 3 N–H and O–H groups in total. The van der Waals surface area contributed by atoms with Crippen LogP contribution in [0.25, 0.3) is 11.0 Å². The van der Waals surface area contributed by atoms with Crippen molar-refractivity contribution in [2.24, 2.45) is 0 Å². The molecule has 3 rings (SSSR count). The van der Waals surface area contributed by atoms with E-state index < -0.39 is 6.03 Å². The van der Waals surface area contributed by atoms with E-state index in [0.29, 0.717) is 11.4 Å². The van der Waals surface area contributed by atoms with Crippen LogP contribution in [-0.4, -0.2) is 28.1 Å². The van der Waals surface area contributed by atoms with Gasteiger partial charge in [-0.2, -0.15) is 0 Å². The van der Waals surface area contributed by atoms with Gasteiger partial charge in [-0.3, -0.25) is 9.78 Å². The molecule has 25 heavy (non-hydrogen) atoms. The summed E-state index contributed by atoms with van der Waals surface area (Å²) < 4.78 is 5.03. The van der Waals surface area contributed by atoms with Gasteiger partial charge in [0.1, 0.15) is 11.2 Å². The van der Waals surface area contributed by atoms with Gasteiger partial charge in [0.15, 0.2) is 0 Å². The standard InChI is InChI=1S/C17H17N5O3/c1-10(11-5-7-18-8-6-11)20-17(24)21-13-9-19-12-3-4-14(25-2)22-15(12)16(13)23/h3-10H,1-2H3,(H,19,23)(H2,20,21,24)/t10-/m0/s1. The molecule has 1 atom stereocenters. The second-order valence-corrected chi connectivity index (χ2v) is 5.38. The molecule has 3 heterocycles. The number of amides is 2. The lowest BCUT2D eigenvalue weighted by atomic mass is 10.1. The third-order valence-electron chi connectivity index (χ3n) is 3.71.